The van der Waals surface area contributed by atoms with Crippen LogP contribution in [0.3, 0.4) is 0 Å². The summed E-state index contributed by atoms with van der Waals surface area (Å²) in [5.41, 5.74) is 1.39. The summed E-state index contributed by atoms with van der Waals surface area (Å²) in [5, 5.41) is 4.07. The molecule has 1 aliphatic heterocycles. The summed E-state index contributed by atoms with van der Waals surface area (Å²) in [6.45, 7) is 2.57. The number of hydrogen-bond donors (Lipinski definition) is 0. The number of hydrogen-bond acceptors (Lipinski definition) is 5. The minimum absolute atomic E-state index is 0.0332. The van der Waals surface area contributed by atoms with Gasteiger partial charge in [0, 0.05) is 18.2 Å². The highest BCUT2D eigenvalue weighted by atomic mass is 16.5. The first-order valence-electron chi connectivity index (χ1n) is 7.60. The fraction of sp³-hybridized carbons (Fsp3) is 0.412. The molecule has 3 rings (SSSR count). The van der Waals surface area contributed by atoms with Crippen molar-refractivity contribution < 1.29 is 18.8 Å². The zero-order valence-corrected chi connectivity index (χ0v) is 13.5. The lowest BCUT2D eigenvalue weighted by Gasteiger charge is -2.23. The minimum Gasteiger partial charge on any atom is -0.493 e. The second-order valence-corrected chi connectivity index (χ2v) is 5.59. The van der Waals surface area contributed by atoms with E-state index in [1.54, 1.807) is 32.4 Å². The molecule has 0 N–H and O–H groups in total. The smallest absolute Gasteiger partial charge is 0.254 e. The van der Waals surface area contributed by atoms with Crippen molar-refractivity contribution in [2.24, 2.45) is 0 Å². The molecule has 1 fully saturated rings. The molecule has 1 atom stereocenters. The van der Waals surface area contributed by atoms with Crippen LogP contribution in [0.1, 0.15) is 40.7 Å². The molecule has 2 heterocycles. The van der Waals surface area contributed by atoms with Gasteiger partial charge in [0.1, 0.15) is 11.5 Å². The van der Waals surface area contributed by atoms with E-state index >= 15 is 0 Å². The maximum atomic E-state index is 12.9. The number of ether oxygens (including phenoxy) is 2. The van der Waals surface area contributed by atoms with Crippen LogP contribution < -0.4 is 9.47 Å². The molecule has 0 spiro atoms. The third kappa shape index (κ3) is 2.88. The van der Waals surface area contributed by atoms with Crippen LogP contribution in [0.5, 0.6) is 11.5 Å². The van der Waals surface area contributed by atoms with Crippen molar-refractivity contribution in [2.45, 2.75) is 25.8 Å². The lowest BCUT2D eigenvalue weighted by molar-refractivity contribution is 0.0730. The molecule has 122 valence electrons. The van der Waals surface area contributed by atoms with Crippen molar-refractivity contribution in [3.63, 3.8) is 0 Å². The van der Waals surface area contributed by atoms with Crippen LogP contribution in [0, 0.1) is 6.92 Å². The molecule has 0 bridgehead atoms. The summed E-state index contributed by atoms with van der Waals surface area (Å²) in [4.78, 5) is 14.7. The Morgan fingerprint density at radius 3 is 2.70 bits per heavy atom. The van der Waals surface area contributed by atoms with Crippen LogP contribution >= 0.6 is 0 Å². The van der Waals surface area contributed by atoms with Gasteiger partial charge in [0.05, 0.1) is 20.3 Å². The zero-order chi connectivity index (χ0) is 16.4. The number of carbonyl (C=O) groups is 1. The largest absolute Gasteiger partial charge is 0.493 e. The van der Waals surface area contributed by atoms with E-state index in [0.717, 1.165) is 24.3 Å². The van der Waals surface area contributed by atoms with E-state index in [-0.39, 0.29) is 11.9 Å². The van der Waals surface area contributed by atoms with Crippen molar-refractivity contribution >= 4 is 5.91 Å². The Hall–Kier alpha value is -2.50. The molecule has 0 saturated carbocycles. The molecule has 1 aromatic carbocycles. The van der Waals surface area contributed by atoms with Crippen LogP contribution in [0.15, 0.2) is 28.8 Å². The fourth-order valence-corrected chi connectivity index (χ4v) is 3.00. The van der Waals surface area contributed by atoms with Crippen molar-refractivity contribution in [3.05, 3.63) is 41.3 Å². The molecule has 6 heteroatoms. The number of aryl methyl sites for hydroxylation is 1. The number of amides is 1. The van der Waals surface area contributed by atoms with Gasteiger partial charge in [-0.05, 0) is 38.0 Å². The van der Waals surface area contributed by atoms with E-state index < -0.39 is 0 Å². The van der Waals surface area contributed by atoms with Crippen molar-refractivity contribution in [3.8, 4) is 11.5 Å². The van der Waals surface area contributed by atoms with Crippen LogP contribution in [-0.2, 0) is 0 Å². The SMILES string of the molecule is COc1ccc(C(=O)N2CCC[C@H]2c2cc(C)on2)cc1OC. The Labute approximate surface area is 135 Å². The second kappa shape index (κ2) is 6.32. The first kappa shape index (κ1) is 15.4. The van der Waals surface area contributed by atoms with Crippen molar-refractivity contribution in [2.75, 3.05) is 20.8 Å². The maximum absolute atomic E-state index is 12.9. The standard InChI is InChI=1S/C17H20N2O4/c1-11-9-13(18-23-11)14-5-4-8-19(14)17(20)12-6-7-15(21-2)16(10-12)22-3/h6-7,9-10,14H,4-5,8H2,1-3H3/t14-/m0/s1. The maximum Gasteiger partial charge on any atom is 0.254 e. The van der Waals surface area contributed by atoms with Gasteiger partial charge in [-0.25, -0.2) is 0 Å². The molecular weight excluding hydrogens is 296 g/mol. The number of methoxy groups -OCH3 is 2. The van der Waals surface area contributed by atoms with Gasteiger partial charge in [0.25, 0.3) is 5.91 Å². The monoisotopic (exact) mass is 316 g/mol. The number of carbonyl (C=O) groups excluding carboxylic acids is 1. The van der Waals surface area contributed by atoms with Crippen LogP contribution in [0.2, 0.25) is 0 Å². The Morgan fingerprint density at radius 1 is 1.26 bits per heavy atom. The Morgan fingerprint density at radius 2 is 2.04 bits per heavy atom. The summed E-state index contributed by atoms with van der Waals surface area (Å²) in [6, 6.07) is 7.08. The predicted octanol–water partition coefficient (Wildman–Crippen LogP) is 2.98. The molecule has 2 aromatic rings. The van der Waals surface area contributed by atoms with Gasteiger partial charge >= 0.3 is 0 Å². The van der Waals surface area contributed by atoms with Gasteiger partial charge in [-0.1, -0.05) is 5.16 Å². The van der Waals surface area contributed by atoms with Gasteiger partial charge in [0.2, 0.25) is 0 Å². The van der Waals surface area contributed by atoms with Gasteiger partial charge in [-0.3, -0.25) is 4.79 Å². The number of rotatable bonds is 4. The van der Waals surface area contributed by atoms with E-state index in [9.17, 15) is 4.79 Å². The van der Waals surface area contributed by atoms with Crippen molar-refractivity contribution in [1.82, 2.24) is 10.1 Å². The number of likely N-dealkylation sites (tertiary alicyclic amines) is 1. The highest BCUT2D eigenvalue weighted by molar-refractivity contribution is 5.95. The van der Waals surface area contributed by atoms with Gasteiger partial charge in [-0.15, -0.1) is 0 Å². The summed E-state index contributed by atoms with van der Waals surface area (Å²) in [7, 11) is 3.13. The number of benzene rings is 1. The molecule has 6 nitrogen and oxygen atoms in total. The summed E-state index contributed by atoms with van der Waals surface area (Å²) in [5.74, 6) is 1.88. The highest BCUT2D eigenvalue weighted by Crippen LogP contribution is 2.34. The lowest BCUT2D eigenvalue weighted by Crippen LogP contribution is -2.30. The van der Waals surface area contributed by atoms with E-state index in [1.165, 1.54) is 0 Å². The van der Waals surface area contributed by atoms with E-state index in [1.807, 2.05) is 17.9 Å². The van der Waals surface area contributed by atoms with Crippen molar-refractivity contribution in [1.29, 1.82) is 0 Å². The summed E-state index contributed by atoms with van der Waals surface area (Å²) >= 11 is 0. The fourth-order valence-electron chi connectivity index (χ4n) is 3.00. The quantitative estimate of drug-likeness (QED) is 0.867. The third-order valence-corrected chi connectivity index (χ3v) is 4.13. The predicted molar refractivity (Wildman–Crippen MR) is 83.8 cm³/mol. The van der Waals surface area contributed by atoms with Crippen LogP contribution in [0.4, 0.5) is 0 Å². The molecule has 1 aromatic heterocycles. The first-order chi connectivity index (χ1) is 11.1. The Kier molecular flexibility index (Phi) is 4.23. The lowest BCUT2D eigenvalue weighted by atomic mass is 10.1. The third-order valence-electron chi connectivity index (χ3n) is 4.13. The van der Waals surface area contributed by atoms with E-state index in [2.05, 4.69) is 5.16 Å². The molecular formula is C17H20N2O4. The molecule has 0 aliphatic carbocycles. The number of nitrogens with zero attached hydrogens (tertiary/aromatic N) is 2. The zero-order valence-electron chi connectivity index (χ0n) is 13.5. The molecule has 1 amide bonds. The first-order valence-corrected chi connectivity index (χ1v) is 7.60. The Balaban J connectivity index is 1.87. The topological polar surface area (TPSA) is 64.8 Å². The van der Waals surface area contributed by atoms with Crippen LogP contribution in [0.25, 0.3) is 0 Å². The molecule has 1 saturated heterocycles. The average Bonchev–Trinajstić information content (AvgIpc) is 3.21. The molecule has 0 unspecified atom stereocenters. The summed E-state index contributed by atoms with van der Waals surface area (Å²) < 4.78 is 15.7. The number of aromatic nitrogens is 1. The van der Waals surface area contributed by atoms with Gasteiger partial charge < -0.3 is 18.9 Å². The minimum atomic E-state index is -0.0342. The van der Waals surface area contributed by atoms with Crippen LogP contribution in [-0.4, -0.2) is 36.7 Å². The highest BCUT2D eigenvalue weighted by Gasteiger charge is 2.32. The molecule has 1 aliphatic rings. The molecule has 0 radical (unpaired) electrons. The van der Waals surface area contributed by atoms with E-state index in [4.69, 9.17) is 14.0 Å². The van der Waals surface area contributed by atoms with Gasteiger partial charge in [-0.2, -0.15) is 0 Å². The Bertz CT molecular complexity index is 710. The normalized spacial score (nSPS) is 17.3. The average molecular weight is 316 g/mol. The molecule has 23 heavy (non-hydrogen) atoms. The van der Waals surface area contributed by atoms with Gasteiger partial charge in [0.15, 0.2) is 11.5 Å². The summed E-state index contributed by atoms with van der Waals surface area (Å²) in [6.07, 6.45) is 1.85. The second-order valence-electron chi connectivity index (χ2n) is 5.59. The van der Waals surface area contributed by atoms with E-state index in [0.29, 0.717) is 23.6 Å².